The molecule has 0 aliphatic carbocycles. The van der Waals surface area contributed by atoms with Gasteiger partial charge in [-0.05, 0) is 25.1 Å². The van der Waals surface area contributed by atoms with Gasteiger partial charge in [-0.3, -0.25) is 19.3 Å². The van der Waals surface area contributed by atoms with Crippen LogP contribution in [0.25, 0.3) is 0 Å². The van der Waals surface area contributed by atoms with Crippen LogP contribution >= 0.6 is 0 Å². The molecule has 150 valence electrons. The first kappa shape index (κ1) is 20.9. The van der Waals surface area contributed by atoms with Crippen LogP contribution in [0.4, 0.5) is 0 Å². The maximum Gasteiger partial charge on any atom is 0.317 e. The summed E-state index contributed by atoms with van der Waals surface area (Å²) in [5.41, 5.74) is 0. The molecule has 9 heteroatoms. The molecule has 9 nitrogen and oxygen atoms in total. The SMILES string of the molecule is CC(C)C(NC(=O)c1ccco1)C(=O)N1CCOC(CN(C)CC(=O)O)C1. The Morgan fingerprint density at radius 2 is 2.15 bits per heavy atom. The fraction of sp³-hybridized carbons (Fsp3) is 0.611. The summed E-state index contributed by atoms with van der Waals surface area (Å²) in [6.07, 6.45) is 1.13. The van der Waals surface area contributed by atoms with E-state index in [9.17, 15) is 14.4 Å². The standard InChI is InChI=1S/C18H27N3O6/c1-12(2)16(19-17(24)14-5-4-7-27-14)18(25)21-6-8-26-13(10-21)9-20(3)11-15(22)23/h4-5,7,12-13,16H,6,8-11H2,1-3H3,(H,19,24)(H,22,23). The highest BCUT2D eigenvalue weighted by Crippen LogP contribution is 2.13. The predicted molar refractivity (Wildman–Crippen MR) is 96.3 cm³/mol. The minimum atomic E-state index is -0.915. The van der Waals surface area contributed by atoms with E-state index in [4.69, 9.17) is 14.3 Å². The molecule has 0 aromatic carbocycles. The fourth-order valence-electron chi connectivity index (χ4n) is 3.00. The number of rotatable bonds is 8. The average molecular weight is 381 g/mol. The fourth-order valence-corrected chi connectivity index (χ4v) is 3.00. The monoisotopic (exact) mass is 381 g/mol. The molecule has 2 atom stereocenters. The first-order chi connectivity index (χ1) is 12.8. The summed E-state index contributed by atoms with van der Waals surface area (Å²) in [6.45, 7) is 5.19. The molecule has 2 rings (SSSR count). The molecule has 27 heavy (non-hydrogen) atoms. The van der Waals surface area contributed by atoms with Crippen LogP contribution in [0.3, 0.4) is 0 Å². The second-order valence-corrected chi connectivity index (χ2v) is 7.04. The maximum absolute atomic E-state index is 13.0. The van der Waals surface area contributed by atoms with E-state index in [-0.39, 0.29) is 30.2 Å². The summed E-state index contributed by atoms with van der Waals surface area (Å²) in [5, 5.41) is 11.6. The largest absolute Gasteiger partial charge is 0.480 e. The Hall–Kier alpha value is -2.39. The molecule has 2 unspecified atom stereocenters. The van der Waals surface area contributed by atoms with Crippen LogP contribution in [0.1, 0.15) is 24.4 Å². The third-order valence-electron chi connectivity index (χ3n) is 4.34. The molecule has 1 aromatic rings. The van der Waals surface area contributed by atoms with Crippen LogP contribution in [0.5, 0.6) is 0 Å². The predicted octanol–water partition coefficient (Wildman–Crippen LogP) is 0.278. The van der Waals surface area contributed by atoms with Crippen molar-refractivity contribution < 1.29 is 28.6 Å². The summed E-state index contributed by atoms with van der Waals surface area (Å²) in [6, 6.07) is 2.47. The van der Waals surface area contributed by atoms with E-state index in [1.165, 1.54) is 6.26 Å². The molecule has 1 aromatic heterocycles. The van der Waals surface area contributed by atoms with Crippen LogP contribution in [0, 0.1) is 5.92 Å². The molecule has 0 spiro atoms. The molecule has 1 fully saturated rings. The quantitative estimate of drug-likeness (QED) is 0.665. The summed E-state index contributed by atoms with van der Waals surface area (Å²) >= 11 is 0. The Morgan fingerprint density at radius 1 is 1.41 bits per heavy atom. The first-order valence-electron chi connectivity index (χ1n) is 8.93. The normalized spacial score (nSPS) is 18.6. The van der Waals surface area contributed by atoms with Gasteiger partial charge in [-0.15, -0.1) is 0 Å². The van der Waals surface area contributed by atoms with E-state index in [0.29, 0.717) is 26.2 Å². The van der Waals surface area contributed by atoms with E-state index in [1.807, 2.05) is 13.8 Å². The third kappa shape index (κ3) is 6.07. The van der Waals surface area contributed by atoms with Gasteiger partial charge < -0.3 is 24.5 Å². The van der Waals surface area contributed by atoms with Gasteiger partial charge in [0.25, 0.3) is 5.91 Å². The van der Waals surface area contributed by atoms with Gasteiger partial charge in [-0.1, -0.05) is 13.8 Å². The number of carboxylic acid groups (broad SMARTS) is 1. The van der Waals surface area contributed by atoms with E-state index < -0.39 is 17.9 Å². The van der Waals surface area contributed by atoms with E-state index in [2.05, 4.69) is 5.32 Å². The van der Waals surface area contributed by atoms with Gasteiger partial charge in [-0.2, -0.15) is 0 Å². The van der Waals surface area contributed by atoms with Crippen molar-refractivity contribution in [2.24, 2.45) is 5.92 Å². The van der Waals surface area contributed by atoms with Crippen LogP contribution in [-0.4, -0.2) is 84.7 Å². The topological polar surface area (TPSA) is 112 Å². The third-order valence-corrected chi connectivity index (χ3v) is 4.34. The number of nitrogens with zero attached hydrogens (tertiary/aromatic N) is 2. The highest BCUT2D eigenvalue weighted by molar-refractivity contribution is 5.95. The lowest BCUT2D eigenvalue weighted by Crippen LogP contribution is -2.56. The van der Waals surface area contributed by atoms with Crippen molar-refractivity contribution in [1.29, 1.82) is 0 Å². The van der Waals surface area contributed by atoms with E-state index in [0.717, 1.165) is 0 Å². The van der Waals surface area contributed by atoms with E-state index in [1.54, 1.807) is 29.0 Å². The lowest BCUT2D eigenvalue weighted by atomic mass is 10.0. The summed E-state index contributed by atoms with van der Waals surface area (Å²) in [4.78, 5) is 39.3. The summed E-state index contributed by atoms with van der Waals surface area (Å²) in [5.74, 6) is -1.48. The number of likely N-dealkylation sites (N-methyl/N-ethyl adjacent to an activating group) is 1. The van der Waals surface area contributed by atoms with Gasteiger partial charge in [0, 0.05) is 19.6 Å². The number of hydrogen-bond acceptors (Lipinski definition) is 6. The van der Waals surface area contributed by atoms with Gasteiger partial charge in [0.2, 0.25) is 5.91 Å². The zero-order chi connectivity index (χ0) is 20.0. The van der Waals surface area contributed by atoms with Gasteiger partial charge >= 0.3 is 5.97 Å². The molecule has 2 amide bonds. The summed E-state index contributed by atoms with van der Waals surface area (Å²) in [7, 11) is 1.69. The lowest BCUT2D eigenvalue weighted by Gasteiger charge is -2.37. The Labute approximate surface area is 158 Å². The number of amides is 2. The lowest BCUT2D eigenvalue weighted by molar-refractivity contribution is -0.144. The smallest absolute Gasteiger partial charge is 0.317 e. The Bertz CT molecular complexity index is 646. The molecule has 0 radical (unpaired) electrons. The molecule has 1 saturated heterocycles. The van der Waals surface area contributed by atoms with Gasteiger partial charge in [0.1, 0.15) is 6.04 Å². The average Bonchev–Trinajstić information content (AvgIpc) is 3.12. The molecule has 0 saturated carbocycles. The highest BCUT2D eigenvalue weighted by atomic mass is 16.5. The number of hydrogen-bond donors (Lipinski definition) is 2. The molecule has 1 aliphatic rings. The number of nitrogens with one attached hydrogen (secondary N) is 1. The van der Waals surface area contributed by atoms with Crippen LogP contribution < -0.4 is 5.32 Å². The van der Waals surface area contributed by atoms with Gasteiger partial charge in [0.15, 0.2) is 5.76 Å². The zero-order valence-electron chi connectivity index (χ0n) is 15.9. The number of carbonyl (C=O) groups excluding carboxylic acids is 2. The number of carbonyl (C=O) groups is 3. The molecule has 1 aliphatic heterocycles. The number of carboxylic acids is 1. The van der Waals surface area contributed by atoms with Crippen molar-refractivity contribution in [2.45, 2.75) is 26.0 Å². The Morgan fingerprint density at radius 3 is 2.74 bits per heavy atom. The van der Waals surface area contributed by atoms with Gasteiger partial charge in [-0.25, -0.2) is 0 Å². The van der Waals surface area contributed by atoms with Crippen molar-refractivity contribution in [2.75, 3.05) is 39.8 Å². The highest BCUT2D eigenvalue weighted by Gasteiger charge is 2.33. The number of furan rings is 1. The Balaban J connectivity index is 1.97. The van der Waals surface area contributed by atoms with Crippen molar-refractivity contribution in [3.8, 4) is 0 Å². The second kappa shape index (κ2) is 9.52. The number of ether oxygens (including phenoxy) is 1. The van der Waals surface area contributed by atoms with Crippen molar-refractivity contribution in [3.63, 3.8) is 0 Å². The van der Waals surface area contributed by atoms with Crippen molar-refractivity contribution in [1.82, 2.24) is 15.1 Å². The van der Waals surface area contributed by atoms with Crippen LogP contribution in [-0.2, 0) is 14.3 Å². The minimum Gasteiger partial charge on any atom is -0.480 e. The molecule has 2 heterocycles. The van der Waals surface area contributed by atoms with E-state index >= 15 is 0 Å². The second-order valence-electron chi connectivity index (χ2n) is 7.04. The molecular formula is C18H27N3O6. The van der Waals surface area contributed by atoms with Crippen LogP contribution in [0.2, 0.25) is 0 Å². The van der Waals surface area contributed by atoms with Gasteiger partial charge in [0.05, 0.1) is 25.5 Å². The number of aliphatic carboxylic acids is 1. The Kier molecular flexibility index (Phi) is 7.37. The molecule has 2 N–H and O–H groups in total. The number of morpholine rings is 1. The summed E-state index contributed by atoms with van der Waals surface area (Å²) < 4.78 is 10.7. The van der Waals surface area contributed by atoms with Crippen LogP contribution in [0.15, 0.2) is 22.8 Å². The van der Waals surface area contributed by atoms with Crippen molar-refractivity contribution >= 4 is 17.8 Å². The van der Waals surface area contributed by atoms with Crippen molar-refractivity contribution in [3.05, 3.63) is 24.2 Å². The zero-order valence-corrected chi connectivity index (χ0v) is 15.9. The molecular weight excluding hydrogens is 354 g/mol. The minimum absolute atomic E-state index is 0.0956. The first-order valence-corrected chi connectivity index (χ1v) is 8.93. The molecule has 0 bridgehead atoms. The maximum atomic E-state index is 13.0.